The van der Waals surface area contributed by atoms with Gasteiger partial charge < -0.3 is 29.8 Å². The van der Waals surface area contributed by atoms with Crippen molar-refractivity contribution in [2.24, 2.45) is 24.6 Å². The van der Waals surface area contributed by atoms with Crippen molar-refractivity contribution < 1.29 is 27.5 Å². The molecule has 4 aromatic heterocycles. The van der Waals surface area contributed by atoms with Gasteiger partial charge in [-0.3, -0.25) is 9.59 Å². The molecule has 2 amide bonds. The van der Waals surface area contributed by atoms with E-state index in [9.17, 15) is 22.8 Å². The number of pyridine rings is 1. The number of fused-ring (bicyclic) bond motifs is 4. The Bertz CT molecular complexity index is 2150. The molecule has 1 aliphatic heterocycles. The van der Waals surface area contributed by atoms with Gasteiger partial charge in [0.2, 0.25) is 0 Å². The summed E-state index contributed by atoms with van der Waals surface area (Å²) < 4.78 is 48.8. The van der Waals surface area contributed by atoms with E-state index < -0.39 is 18.2 Å². The lowest BCUT2D eigenvalue weighted by molar-refractivity contribution is -0.212. The summed E-state index contributed by atoms with van der Waals surface area (Å²) in [6.07, 6.45) is 1.99. The molecule has 3 fully saturated rings. The number of benzene rings is 1. The number of carbonyl (C=O) groups excluding carboxylic acids is 2. The Balaban J connectivity index is 1.14. The third-order valence-corrected chi connectivity index (χ3v) is 10.6. The van der Waals surface area contributed by atoms with Gasteiger partial charge in [0.25, 0.3) is 11.8 Å². The zero-order valence-electron chi connectivity index (χ0n) is 27.9. The predicted octanol–water partition coefficient (Wildman–Crippen LogP) is 5.12. The molecule has 1 aromatic carbocycles. The highest BCUT2D eigenvalue weighted by atomic mass is 19.4. The van der Waals surface area contributed by atoms with E-state index in [2.05, 4.69) is 15.0 Å². The number of aromatic nitrogens is 6. The minimum Gasteiger partial charge on any atom is -0.494 e. The highest BCUT2D eigenvalue weighted by Crippen LogP contribution is 2.40. The van der Waals surface area contributed by atoms with Crippen LogP contribution in [-0.2, 0) is 19.9 Å². The summed E-state index contributed by atoms with van der Waals surface area (Å²) in [4.78, 5) is 38.6. The van der Waals surface area contributed by atoms with Gasteiger partial charge >= 0.3 is 6.30 Å². The first-order valence-electron chi connectivity index (χ1n) is 16.9. The molecule has 5 heterocycles. The molecule has 4 atom stereocenters. The second kappa shape index (κ2) is 11.9. The van der Waals surface area contributed by atoms with Crippen molar-refractivity contribution in [1.29, 1.82) is 0 Å². The van der Waals surface area contributed by atoms with Gasteiger partial charge in [0.15, 0.2) is 5.82 Å². The van der Waals surface area contributed by atoms with Gasteiger partial charge in [-0.25, -0.2) is 9.97 Å². The average Bonchev–Trinajstić information content (AvgIpc) is 3.42. The summed E-state index contributed by atoms with van der Waals surface area (Å²) in [6, 6.07) is 8.97. The number of methoxy groups -OCH3 is 1. The molecule has 0 unspecified atom stereocenters. The molecule has 3 N–H and O–H groups in total. The predicted molar refractivity (Wildman–Crippen MR) is 178 cm³/mol. The zero-order chi connectivity index (χ0) is 35.1. The topological polar surface area (TPSA) is 138 Å². The Labute approximate surface area is 285 Å². The highest BCUT2D eigenvalue weighted by Gasteiger charge is 2.41. The van der Waals surface area contributed by atoms with Crippen LogP contribution >= 0.6 is 0 Å². The smallest absolute Gasteiger partial charge is 0.494 e. The van der Waals surface area contributed by atoms with Crippen LogP contribution in [0.5, 0.6) is 5.75 Å². The van der Waals surface area contributed by atoms with Crippen LogP contribution in [0.2, 0.25) is 0 Å². The van der Waals surface area contributed by atoms with E-state index in [4.69, 9.17) is 20.4 Å². The first kappa shape index (κ1) is 32.3. The van der Waals surface area contributed by atoms with Gasteiger partial charge in [-0.15, -0.1) is 13.2 Å². The number of alkyl halides is 3. The van der Waals surface area contributed by atoms with Crippen molar-refractivity contribution in [3.63, 3.8) is 0 Å². The average molecular weight is 690 g/mol. The number of aryl methyl sites for hydroxylation is 1. The Kier molecular flexibility index (Phi) is 7.66. The van der Waals surface area contributed by atoms with Crippen LogP contribution in [0.1, 0.15) is 71.5 Å². The van der Waals surface area contributed by atoms with Crippen LogP contribution in [-0.4, -0.2) is 71.3 Å². The molecular weight excluding hydrogens is 651 g/mol. The maximum absolute atomic E-state index is 13.9. The largest absolute Gasteiger partial charge is 0.504 e. The number of nitrogens with two attached hydrogens (primary N) is 1. The molecule has 262 valence electrons. The number of nitrogens with one attached hydrogen (secondary N) is 1. The number of imidazole rings is 1. The quantitative estimate of drug-likeness (QED) is 0.231. The fourth-order valence-corrected chi connectivity index (χ4v) is 7.67. The van der Waals surface area contributed by atoms with Crippen molar-refractivity contribution >= 4 is 33.9 Å². The normalized spacial score (nSPS) is 21.3. The van der Waals surface area contributed by atoms with Crippen molar-refractivity contribution in [2.45, 2.75) is 70.0 Å². The number of rotatable bonds is 8. The molecule has 1 saturated heterocycles. The molecule has 3 aliphatic rings. The fourth-order valence-electron chi connectivity index (χ4n) is 7.67. The second-order valence-corrected chi connectivity index (χ2v) is 14.0. The minimum atomic E-state index is -4.72. The maximum Gasteiger partial charge on any atom is 0.504 e. The molecule has 2 saturated carbocycles. The molecular formula is C35H38F3N9O3. The number of amides is 2. The SMILES string of the molecule is COc1cc(C(=O)N2C[C@H](N)[C@H]3CC[C@@H]2C3)cc2nc(-c3cc4ccc([C@@H](C)NC(=O)c5cnn(C(F)(F)F)c5)nc4n3CC3CC3)n(C)c12. The van der Waals surface area contributed by atoms with Gasteiger partial charge in [-0.2, -0.15) is 9.78 Å². The summed E-state index contributed by atoms with van der Waals surface area (Å²) in [5.41, 5.74) is 10.2. The Morgan fingerprint density at radius 3 is 2.62 bits per heavy atom. The summed E-state index contributed by atoms with van der Waals surface area (Å²) in [5.74, 6) is 1.45. The van der Waals surface area contributed by atoms with E-state index in [1.165, 1.54) is 0 Å². The third kappa shape index (κ3) is 5.56. The van der Waals surface area contributed by atoms with Crippen LogP contribution in [0.4, 0.5) is 13.2 Å². The number of nitrogens with zero attached hydrogens (tertiary/aromatic N) is 7. The second-order valence-electron chi connectivity index (χ2n) is 14.0. The third-order valence-electron chi connectivity index (χ3n) is 10.6. The minimum absolute atomic E-state index is 0.0186. The standard InChI is InChI=1S/C35H38F3N9O3/c1-18(41-33(48)23-14-40-47(16-23)35(36,37)38)26-9-7-21-12-28(46(31(21)42-26)15-19-4-5-19)32-43-27-11-22(13-29(50-3)30(27)44(32)2)34(49)45-17-25(39)20-6-8-24(45)10-20/h7,9,11-14,16,18-20,24-25H,4-6,8,10,15,17,39H2,1-3H3,(H,41,48)/t18-,20+,24-,25+/m1/s1. The molecule has 2 aliphatic carbocycles. The summed E-state index contributed by atoms with van der Waals surface area (Å²) in [7, 11) is 3.51. The lowest BCUT2D eigenvalue weighted by Crippen LogP contribution is -2.51. The number of halogens is 3. The van der Waals surface area contributed by atoms with Crippen LogP contribution < -0.4 is 15.8 Å². The highest BCUT2D eigenvalue weighted by molar-refractivity contribution is 6.00. The molecule has 50 heavy (non-hydrogen) atoms. The van der Waals surface area contributed by atoms with Crippen LogP contribution in [0.3, 0.4) is 0 Å². The molecule has 5 aromatic rings. The van der Waals surface area contributed by atoms with E-state index in [1.54, 1.807) is 26.2 Å². The van der Waals surface area contributed by atoms with Crippen LogP contribution in [0, 0.1) is 11.8 Å². The number of hydrogen-bond acceptors (Lipinski definition) is 7. The first-order chi connectivity index (χ1) is 23.9. The molecule has 0 spiro atoms. The van der Waals surface area contributed by atoms with E-state index in [1.807, 2.05) is 34.7 Å². The van der Waals surface area contributed by atoms with E-state index in [0.29, 0.717) is 65.1 Å². The summed E-state index contributed by atoms with van der Waals surface area (Å²) in [5, 5.41) is 6.88. The van der Waals surface area contributed by atoms with Gasteiger partial charge in [0.05, 0.1) is 41.8 Å². The van der Waals surface area contributed by atoms with Crippen molar-refractivity contribution in [2.75, 3.05) is 13.7 Å². The van der Waals surface area contributed by atoms with Crippen LogP contribution in [0.15, 0.2) is 42.7 Å². The number of piperidine rings is 1. The number of likely N-dealkylation sites (tertiary alicyclic amines) is 1. The molecule has 12 nitrogen and oxygen atoms in total. The zero-order valence-corrected chi connectivity index (χ0v) is 27.9. The van der Waals surface area contributed by atoms with Crippen molar-refractivity contribution in [3.05, 3.63) is 59.5 Å². The molecule has 0 radical (unpaired) electrons. The Morgan fingerprint density at radius 1 is 1.10 bits per heavy atom. The van der Waals surface area contributed by atoms with Crippen molar-refractivity contribution in [3.8, 4) is 17.3 Å². The lowest BCUT2D eigenvalue weighted by atomic mass is 9.94. The maximum atomic E-state index is 13.9. The van der Waals surface area contributed by atoms with Gasteiger partial charge in [0.1, 0.15) is 16.9 Å². The summed E-state index contributed by atoms with van der Waals surface area (Å²) in [6.45, 7) is 2.99. The molecule has 15 heteroatoms. The summed E-state index contributed by atoms with van der Waals surface area (Å²) >= 11 is 0. The fraction of sp³-hybridized carbons (Fsp3) is 0.457. The molecule has 8 rings (SSSR count). The number of ether oxygens (including phenoxy) is 1. The van der Waals surface area contributed by atoms with E-state index in [-0.39, 0.29) is 28.2 Å². The van der Waals surface area contributed by atoms with Crippen LogP contribution in [0.25, 0.3) is 33.6 Å². The monoisotopic (exact) mass is 689 g/mol. The van der Waals surface area contributed by atoms with Crippen molar-refractivity contribution in [1.82, 2.24) is 39.1 Å². The number of carbonyl (C=O) groups is 2. The molecule has 2 bridgehead atoms. The Morgan fingerprint density at radius 2 is 1.90 bits per heavy atom. The van der Waals surface area contributed by atoms with Gasteiger partial charge in [-0.05, 0) is 81.2 Å². The number of hydrogen-bond donors (Lipinski definition) is 2. The first-order valence-corrected chi connectivity index (χ1v) is 16.9. The van der Waals surface area contributed by atoms with Gasteiger partial charge in [-0.1, -0.05) is 0 Å². The van der Waals surface area contributed by atoms with E-state index in [0.717, 1.165) is 54.9 Å². The lowest BCUT2D eigenvalue weighted by Gasteiger charge is -2.37. The van der Waals surface area contributed by atoms with Gasteiger partial charge in [0, 0.05) is 49.4 Å². The Hall–Kier alpha value is -4.92. The van der Waals surface area contributed by atoms with E-state index >= 15 is 0 Å².